The van der Waals surface area contributed by atoms with E-state index in [-0.39, 0.29) is 0 Å². The van der Waals surface area contributed by atoms with E-state index in [1.807, 2.05) is 6.26 Å². The van der Waals surface area contributed by atoms with E-state index in [1.165, 1.54) is 16.5 Å². The van der Waals surface area contributed by atoms with E-state index < -0.39 is 0 Å². The minimum Gasteiger partial charge on any atom is -0.464 e. The molecule has 0 aliphatic carbocycles. The second kappa shape index (κ2) is 5.18. The van der Waals surface area contributed by atoms with Gasteiger partial charge >= 0.3 is 0 Å². The zero-order valence-electron chi connectivity index (χ0n) is 10.7. The van der Waals surface area contributed by atoms with E-state index in [1.54, 1.807) is 0 Å². The fraction of sp³-hybridized carbons (Fsp3) is 0.467. The summed E-state index contributed by atoms with van der Waals surface area (Å²) in [7, 11) is 0. The second-order valence-electron chi connectivity index (χ2n) is 5.24. The van der Waals surface area contributed by atoms with Crippen LogP contribution in [0.4, 0.5) is 0 Å². The molecule has 1 aromatic carbocycles. The summed E-state index contributed by atoms with van der Waals surface area (Å²) in [6, 6.07) is 6.52. The molecule has 1 heterocycles. The van der Waals surface area contributed by atoms with Crippen LogP contribution in [0, 0.1) is 5.92 Å². The summed E-state index contributed by atoms with van der Waals surface area (Å²) >= 11 is 4.42. The van der Waals surface area contributed by atoms with Gasteiger partial charge in [-0.25, -0.2) is 0 Å². The summed E-state index contributed by atoms with van der Waals surface area (Å²) in [5.74, 6) is 0.660. The molecular formula is C15H20OS. The highest BCUT2D eigenvalue weighted by molar-refractivity contribution is 7.80. The van der Waals surface area contributed by atoms with Gasteiger partial charge in [0.05, 0.1) is 6.26 Å². The van der Waals surface area contributed by atoms with Crippen LogP contribution in [0.2, 0.25) is 0 Å². The lowest BCUT2D eigenvalue weighted by molar-refractivity contribution is 0.593. The molecular weight excluding hydrogens is 228 g/mol. The van der Waals surface area contributed by atoms with Crippen LogP contribution in [-0.2, 0) is 12.8 Å². The SMILES string of the molecule is CC(C)Cc1coc2cc(CC(C)S)ccc12. The van der Waals surface area contributed by atoms with E-state index in [0.29, 0.717) is 11.2 Å². The van der Waals surface area contributed by atoms with Gasteiger partial charge in [-0.05, 0) is 36.0 Å². The van der Waals surface area contributed by atoms with Crippen molar-refractivity contribution in [2.75, 3.05) is 0 Å². The van der Waals surface area contributed by atoms with E-state index in [0.717, 1.165) is 18.4 Å². The van der Waals surface area contributed by atoms with Gasteiger partial charge in [0.2, 0.25) is 0 Å². The normalized spacial score (nSPS) is 13.5. The molecule has 0 aliphatic heterocycles. The predicted octanol–water partition coefficient (Wildman–Crippen LogP) is 4.49. The Bertz CT molecular complexity index is 497. The number of hydrogen-bond donors (Lipinski definition) is 1. The minimum absolute atomic E-state index is 0.387. The topological polar surface area (TPSA) is 13.1 Å². The van der Waals surface area contributed by atoms with E-state index >= 15 is 0 Å². The fourth-order valence-electron chi connectivity index (χ4n) is 2.19. The molecule has 0 aliphatic rings. The Morgan fingerprint density at radius 3 is 2.59 bits per heavy atom. The molecule has 1 atom stereocenters. The van der Waals surface area contributed by atoms with Crippen LogP contribution in [0.3, 0.4) is 0 Å². The first kappa shape index (κ1) is 12.6. The fourth-order valence-corrected chi connectivity index (χ4v) is 2.40. The summed E-state index contributed by atoms with van der Waals surface area (Å²) in [5, 5.41) is 1.65. The van der Waals surface area contributed by atoms with Crippen LogP contribution < -0.4 is 0 Å². The monoisotopic (exact) mass is 248 g/mol. The number of benzene rings is 1. The molecule has 2 heteroatoms. The summed E-state index contributed by atoms with van der Waals surface area (Å²) in [5.41, 5.74) is 3.62. The van der Waals surface area contributed by atoms with Crippen LogP contribution in [-0.4, -0.2) is 5.25 Å². The highest BCUT2D eigenvalue weighted by Crippen LogP contribution is 2.25. The smallest absolute Gasteiger partial charge is 0.134 e. The van der Waals surface area contributed by atoms with Crippen molar-refractivity contribution in [1.29, 1.82) is 0 Å². The molecule has 1 nitrogen and oxygen atoms in total. The molecule has 1 unspecified atom stereocenters. The maximum atomic E-state index is 5.65. The highest BCUT2D eigenvalue weighted by Gasteiger charge is 2.08. The summed E-state index contributed by atoms with van der Waals surface area (Å²) in [4.78, 5) is 0. The highest BCUT2D eigenvalue weighted by atomic mass is 32.1. The average molecular weight is 248 g/mol. The van der Waals surface area contributed by atoms with Crippen molar-refractivity contribution in [3.05, 3.63) is 35.6 Å². The summed E-state index contributed by atoms with van der Waals surface area (Å²) < 4.78 is 5.65. The minimum atomic E-state index is 0.387. The average Bonchev–Trinajstić information content (AvgIpc) is 2.59. The third kappa shape index (κ3) is 3.06. The van der Waals surface area contributed by atoms with Gasteiger partial charge in [-0.3, -0.25) is 0 Å². The Kier molecular flexibility index (Phi) is 3.82. The molecule has 0 spiro atoms. The second-order valence-corrected chi connectivity index (χ2v) is 6.12. The zero-order valence-corrected chi connectivity index (χ0v) is 11.6. The van der Waals surface area contributed by atoms with Crippen LogP contribution >= 0.6 is 12.6 Å². The molecule has 0 fully saturated rings. The Balaban J connectivity index is 2.31. The van der Waals surface area contributed by atoms with Crippen LogP contribution in [0.25, 0.3) is 11.0 Å². The Morgan fingerprint density at radius 2 is 1.94 bits per heavy atom. The molecule has 2 rings (SSSR count). The first-order chi connectivity index (χ1) is 8.06. The third-order valence-corrected chi connectivity index (χ3v) is 3.06. The number of furan rings is 1. The van der Waals surface area contributed by atoms with Crippen molar-refractivity contribution in [3.63, 3.8) is 0 Å². The summed E-state index contributed by atoms with van der Waals surface area (Å²) in [6.07, 6.45) is 3.97. The largest absolute Gasteiger partial charge is 0.464 e. The number of rotatable bonds is 4. The lowest BCUT2D eigenvalue weighted by Gasteiger charge is -2.05. The van der Waals surface area contributed by atoms with Gasteiger partial charge in [0.15, 0.2) is 0 Å². The molecule has 0 saturated heterocycles. The van der Waals surface area contributed by atoms with Crippen LogP contribution in [0.5, 0.6) is 0 Å². The van der Waals surface area contributed by atoms with Crippen molar-refractivity contribution < 1.29 is 4.42 Å². The first-order valence-electron chi connectivity index (χ1n) is 6.23. The lowest BCUT2D eigenvalue weighted by atomic mass is 10.0. The van der Waals surface area contributed by atoms with Gasteiger partial charge < -0.3 is 4.42 Å². The lowest BCUT2D eigenvalue weighted by Crippen LogP contribution is -1.96. The third-order valence-electron chi connectivity index (χ3n) is 2.88. The van der Waals surface area contributed by atoms with Crippen LogP contribution in [0.15, 0.2) is 28.9 Å². The van der Waals surface area contributed by atoms with E-state index in [4.69, 9.17) is 4.42 Å². The van der Waals surface area contributed by atoms with Crippen molar-refractivity contribution in [3.8, 4) is 0 Å². The number of thiol groups is 1. The molecule has 17 heavy (non-hydrogen) atoms. The molecule has 0 radical (unpaired) electrons. The van der Waals surface area contributed by atoms with Gasteiger partial charge in [-0.15, -0.1) is 0 Å². The Labute approximate surface area is 109 Å². The van der Waals surface area contributed by atoms with Crippen molar-refractivity contribution in [2.24, 2.45) is 5.92 Å². The van der Waals surface area contributed by atoms with Crippen molar-refractivity contribution in [1.82, 2.24) is 0 Å². The molecule has 0 amide bonds. The first-order valence-corrected chi connectivity index (χ1v) is 6.75. The molecule has 0 bridgehead atoms. The van der Waals surface area contributed by atoms with Gasteiger partial charge in [0, 0.05) is 10.6 Å². The molecule has 2 aromatic rings. The predicted molar refractivity (Wildman–Crippen MR) is 76.9 cm³/mol. The summed E-state index contributed by atoms with van der Waals surface area (Å²) in [6.45, 7) is 6.57. The van der Waals surface area contributed by atoms with E-state index in [9.17, 15) is 0 Å². The molecule has 0 N–H and O–H groups in total. The number of fused-ring (bicyclic) bond motifs is 1. The molecule has 1 aromatic heterocycles. The Hall–Kier alpha value is -0.890. The maximum Gasteiger partial charge on any atom is 0.134 e. The molecule has 0 saturated carbocycles. The molecule has 92 valence electrons. The van der Waals surface area contributed by atoms with Gasteiger partial charge in [-0.2, -0.15) is 12.6 Å². The van der Waals surface area contributed by atoms with E-state index in [2.05, 4.69) is 51.6 Å². The van der Waals surface area contributed by atoms with Crippen LogP contribution in [0.1, 0.15) is 31.9 Å². The van der Waals surface area contributed by atoms with Gasteiger partial charge in [0.25, 0.3) is 0 Å². The Morgan fingerprint density at radius 1 is 1.18 bits per heavy atom. The number of hydrogen-bond acceptors (Lipinski definition) is 2. The maximum absolute atomic E-state index is 5.65. The van der Waals surface area contributed by atoms with Crippen molar-refractivity contribution in [2.45, 2.75) is 38.9 Å². The standard InChI is InChI=1S/C15H20OS/c1-10(2)6-13-9-16-15-8-12(7-11(3)17)4-5-14(13)15/h4-5,8-11,17H,6-7H2,1-3H3. The zero-order chi connectivity index (χ0) is 12.4. The van der Waals surface area contributed by atoms with Gasteiger partial charge in [-0.1, -0.05) is 32.9 Å². The van der Waals surface area contributed by atoms with Crippen molar-refractivity contribution >= 4 is 23.6 Å². The van der Waals surface area contributed by atoms with Gasteiger partial charge in [0.1, 0.15) is 5.58 Å². The quantitative estimate of drug-likeness (QED) is 0.787.